The lowest BCUT2D eigenvalue weighted by Gasteiger charge is -2.07. The maximum atomic E-state index is 8.92. The van der Waals surface area contributed by atoms with Crippen molar-refractivity contribution in [2.45, 2.75) is 110 Å². The van der Waals surface area contributed by atoms with Crippen molar-refractivity contribution >= 4 is 18.5 Å². The van der Waals surface area contributed by atoms with E-state index in [1.807, 2.05) is 0 Å². The smallest absolute Gasteiger partial charge is 0.321 e. The molecule has 0 radical (unpaired) electrons. The van der Waals surface area contributed by atoms with Gasteiger partial charge >= 0.3 is 6.72 Å². The number of allylic oxidation sites excluding steroid dienone is 2. The van der Waals surface area contributed by atoms with Gasteiger partial charge in [0.15, 0.2) is 0 Å². The Morgan fingerprint density at radius 3 is 1.52 bits per heavy atom. The van der Waals surface area contributed by atoms with Gasteiger partial charge < -0.3 is 14.3 Å². The maximum absolute atomic E-state index is 8.92. The van der Waals surface area contributed by atoms with Crippen LogP contribution in [-0.4, -0.2) is 16.4 Å². The quantitative estimate of drug-likeness (QED) is 0.141. The van der Waals surface area contributed by atoms with Gasteiger partial charge in [-0.1, -0.05) is 89.7 Å². The second-order valence-electron chi connectivity index (χ2n) is 6.97. The lowest BCUT2D eigenvalue weighted by Crippen LogP contribution is -1.92. The second-order valence-corrected chi connectivity index (χ2v) is 9.64. The zero-order chi connectivity index (χ0) is 18.6. The molecule has 150 valence electrons. The molecule has 0 aromatic heterocycles. The van der Waals surface area contributed by atoms with E-state index in [1.165, 1.54) is 89.9 Å². The summed E-state index contributed by atoms with van der Waals surface area (Å²) in [6, 6.07) is 0. The first kappa shape index (κ1) is 25.3. The third-order valence-corrected chi connectivity index (χ3v) is 5.25. The summed E-state index contributed by atoms with van der Waals surface area (Å²) >= 11 is 4.40. The van der Waals surface area contributed by atoms with Gasteiger partial charge in [0.05, 0.1) is 6.61 Å². The van der Waals surface area contributed by atoms with E-state index in [0.29, 0.717) is 6.61 Å². The fraction of sp³-hybridized carbons (Fsp3) is 0.900. The zero-order valence-electron chi connectivity index (χ0n) is 16.3. The maximum Gasteiger partial charge on any atom is 0.321 e. The van der Waals surface area contributed by atoms with E-state index < -0.39 is 6.72 Å². The molecule has 5 heteroatoms. The fourth-order valence-electron chi connectivity index (χ4n) is 2.89. The number of rotatable bonds is 19. The van der Waals surface area contributed by atoms with Crippen LogP contribution in [0.3, 0.4) is 0 Å². The van der Waals surface area contributed by atoms with Crippen molar-refractivity contribution in [1.82, 2.24) is 0 Å². The highest BCUT2D eigenvalue weighted by atomic mass is 32.5. The summed E-state index contributed by atoms with van der Waals surface area (Å²) in [5.74, 6) is 0. The Kier molecular flexibility index (Phi) is 19.2. The van der Waals surface area contributed by atoms with Gasteiger partial charge in [0.2, 0.25) is 0 Å². The van der Waals surface area contributed by atoms with Gasteiger partial charge in [-0.05, 0) is 43.9 Å². The van der Waals surface area contributed by atoms with Crippen molar-refractivity contribution in [3.63, 3.8) is 0 Å². The van der Waals surface area contributed by atoms with Crippen molar-refractivity contribution < 1.29 is 14.3 Å². The van der Waals surface area contributed by atoms with Gasteiger partial charge in [-0.2, -0.15) is 0 Å². The van der Waals surface area contributed by atoms with E-state index in [0.717, 1.165) is 12.8 Å². The topological polar surface area (TPSA) is 49.7 Å². The van der Waals surface area contributed by atoms with Crippen LogP contribution in [0, 0.1) is 0 Å². The predicted octanol–water partition coefficient (Wildman–Crippen LogP) is 7.03. The van der Waals surface area contributed by atoms with Crippen LogP contribution >= 0.6 is 6.72 Å². The zero-order valence-corrected chi connectivity index (χ0v) is 18.0. The molecule has 0 aliphatic heterocycles. The lowest BCUT2D eigenvalue weighted by atomic mass is 10.1. The van der Waals surface area contributed by atoms with E-state index >= 15 is 0 Å². The first-order valence-electron chi connectivity index (χ1n) is 10.4. The van der Waals surface area contributed by atoms with Gasteiger partial charge in [0.1, 0.15) is 0 Å². The third-order valence-electron chi connectivity index (χ3n) is 4.42. The van der Waals surface area contributed by atoms with Crippen molar-refractivity contribution in [2.75, 3.05) is 6.61 Å². The van der Waals surface area contributed by atoms with Crippen molar-refractivity contribution in [1.29, 1.82) is 0 Å². The predicted molar refractivity (Wildman–Crippen MR) is 113 cm³/mol. The van der Waals surface area contributed by atoms with Crippen LogP contribution in [0.1, 0.15) is 110 Å². The first-order chi connectivity index (χ1) is 12.1. The van der Waals surface area contributed by atoms with E-state index in [9.17, 15) is 0 Å². The van der Waals surface area contributed by atoms with E-state index in [1.54, 1.807) is 0 Å². The molecule has 25 heavy (non-hydrogen) atoms. The number of hydrogen-bond donors (Lipinski definition) is 2. The molecule has 0 heterocycles. The van der Waals surface area contributed by atoms with Crippen LogP contribution in [0.4, 0.5) is 0 Å². The third kappa shape index (κ3) is 24.3. The minimum atomic E-state index is -3.43. The van der Waals surface area contributed by atoms with E-state index in [-0.39, 0.29) is 0 Å². The molecule has 0 aliphatic rings. The summed E-state index contributed by atoms with van der Waals surface area (Å²) < 4.78 is 4.79. The molecular weight excluding hydrogens is 351 g/mol. The molecule has 0 fully saturated rings. The molecule has 2 N–H and O–H groups in total. The Labute approximate surface area is 161 Å². The summed E-state index contributed by atoms with van der Waals surface area (Å²) in [4.78, 5) is 17.8. The Morgan fingerprint density at radius 2 is 1.08 bits per heavy atom. The van der Waals surface area contributed by atoms with Crippen molar-refractivity contribution in [2.24, 2.45) is 0 Å². The van der Waals surface area contributed by atoms with Crippen LogP contribution in [0.15, 0.2) is 12.2 Å². The van der Waals surface area contributed by atoms with Crippen LogP contribution in [0.2, 0.25) is 0 Å². The first-order valence-corrected chi connectivity index (χ1v) is 13.0. The lowest BCUT2D eigenvalue weighted by molar-refractivity contribution is 0.245. The molecule has 0 aromatic carbocycles. The van der Waals surface area contributed by atoms with Crippen molar-refractivity contribution in [3.8, 4) is 0 Å². The number of hydrogen-bond acceptors (Lipinski definition) is 2. The van der Waals surface area contributed by atoms with Crippen molar-refractivity contribution in [3.05, 3.63) is 12.2 Å². The summed E-state index contributed by atoms with van der Waals surface area (Å²) in [5.41, 5.74) is 0. The second kappa shape index (κ2) is 19.0. The molecule has 0 spiro atoms. The highest BCUT2D eigenvalue weighted by molar-refractivity contribution is 8.06. The Morgan fingerprint density at radius 1 is 0.680 bits per heavy atom. The summed E-state index contributed by atoms with van der Waals surface area (Å²) in [7, 11) is 0. The van der Waals surface area contributed by atoms with Crippen LogP contribution < -0.4 is 0 Å². The summed E-state index contributed by atoms with van der Waals surface area (Å²) in [6.07, 6.45) is 25.2. The highest BCUT2D eigenvalue weighted by Gasteiger charge is 2.06. The molecule has 3 nitrogen and oxygen atoms in total. The van der Waals surface area contributed by atoms with Gasteiger partial charge in [0.25, 0.3) is 0 Å². The van der Waals surface area contributed by atoms with Gasteiger partial charge in [-0.25, -0.2) is 0 Å². The minimum Gasteiger partial charge on any atom is -0.325 e. The monoisotopic (exact) mass is 392 g/mol. The SMILES string of the molecule is CCCCCCCCC=CCCCCCCCCCCOP(O)(O)=S. The summed E-state index contributed by atoms with van der Waals surface area (Å²) in [6.45, 7) is -0.792. The minimum absolute atomic E-state index is 0.370. The average Bonchev–Trinajstić information content (AvgIpc) is 2.56. The molecule has 0 saturated carbocycles. The molecular formula is C20H41O3PS. The van der Waals surface area contributed by atoms with Crippen LogP contribution in [0.5, 0.6) is 0 Å². The molecule has 0 aliphatic carbocycles. The Bertz CT molecular complexity index is 342. The Hall–Kier alpha value is 0.270. The van der Waals surface area contributed by atoms with Gasteiger partial charge in [0, 0.05) is 0 Å². The largest absolute Gasteiger partial charge is 0.325 e. The molecule has 0 aromatic rings. The van der Waals surface area contributed by atoms with E-state index in [2.05, 4.69) is 30.9 Å². The standard InChI is InChI=1S/C20H41O3PS/c1-2-3-4-5-6-7-8-9-10-11-12-13-14-15-16-17-18-19-20-23-24(21,22)25/h9-10H,2-8,11-20H2,1H3,(H2,21,22,25). The van der Waals surface area contributed by atoms with Crippen LogP contribution in [-0.2, 0) is 16.3 Å². The molecule has 0 bridgehead atoms. The van der Waals surface area contributed by atoms with Gasteiger partial charge in [-0.15, -0.1) is 0 Å². The molecule has 0 atom stereocenters. The molecule has 0 amide bonds. The Balaban J connectivity index is 3.11. The summed E-state index contributed by atoms with van der Waals surface area (Å²) in [5, 5.41) is 0. The number of unbranched alkanes of at least 4 members (excludes halogenated alkanes) is 14. The van der Waals surface area contributed by atoms with Gasteiger partial charge in [-0.3, -0.25) is 0 Å². The average molecular weight is 393 g/mol. The normalized spacial score (nSPS) is 12.3. The molecule has 0 rings (SSSR count). The highest BCUT2D eigenvalue weighted by Crippen LogP contribution is 2.36. The van der Waals surface area contributed by atoms with E-state index in [4.69, 9.17) is 14.3 Å². The van der Waals surface area contributed by atoms with Crippen LogP contribution in [0.25, 0.3) is 0 Å². The molecule has 0 unspecified atom stereocenters. The fourth-order valence-corrected chi connectivity index (χ4v) is 3.48. The molecule has 0 saturated heterocycles.